The topological polar surface area (TPSA) is 72.0 Å². The molecule has 0 spiro atoms. The van der Waals surface area contributed by atoms with Crippen LogP contribution < -0.4 is 10.2 Å². The SMILES string of the molecule is Bc1cc(F)ccc1S(=O)(=O)Nc1cccc2nsnc12. The summed E-state index contributed by atoms with van der Waals surface area (Å²) in [5.74, 6) is -0.475. The van der Waals surface area contributed by atoms with Gasteiger partial charge < -0.3 is 0 Å². The average Bonchev–Trinajstić information content (AvgIpc) is 2.87. The molecule has 0 aliphatic heterocycles. The van der Waals surface area contributed by atoms with Crippen LogP contribution in [0.3, 0.4) is 0 Å². The van der Waals surface area contributed by atoms with E-state index in [2.05, 4.69) is 13.5 Å². The minimum Gasteiger partial charge on any atom is -0.277 e. The fraction of sp³-hybridized carbons (Fsp3) is 0. The van der Waals surface area contributed by atoms with Gasteiger partial charge in [-0.15, -0.1) is 0 Å². The highest BCUT2D eigenvalue weighted by Crippen LogP contribution is 2.23. The van der Waals surface area contributed by atoms with Crippen LogP contribution in [0.1, 0.15) is 0 Å². The summed E-state index contributed by atoms with van der Waals surface area (Å²) < 4.78 is 48.6. The maximum atomic E-state index is 13.1. The first-order valence-electron chi connectivity index (χ1n) is 5.97. The molecule has 0 fully saturated rings. The van der Waals surface area contributed by atoms with Crippen molar-refractivity contribution in [3.63, 3.8) is 0 Å². The zero-order chi connectivity index (χ0) is 15.0. The molecule has 0 amide bonds. The predicted octanol–water partition coefficient (Wildman–Crippen LogP) is 0.890. The molecule has 1 N–H and O–H groups in total. The molecular formula is C12H9BFN3O2S2. The van der Waals surface area contributed by atoms with Gasteiger partial charge in [-0.25, -0.2) is 12.8 Å². The highest BCUT2D eigenvalue weighted by Gasteiger charge is 2.19. The van der Waals surface area contributed by atoms with E-state index in [9.17, 15) is 12.8 Å². The van der Waals surface area contributed by atoms with E-state index in [0.717, 1.165) is 17.8 Å². The Labute approximate surface area is 125 Å². The summed E-state index contributed by atoms with van der Waals surface area (Å²) in [6, 6.07) is 8.59. The van der Waals surface area contributed by atoms with Crippen LogP contribution in [0.5, 0.6) is 0 Å². The number of nitrogens with zero attached hydrogens (tertiary/aromatic N) is 2. The van der Waals surface area contributed by atoms with Crippen molar-refractivity contribution in [2.45, 2.75) is 4.90 Å². The molecule has 1 aromatic heterocycles. The van der Waals surface area contributed by atoms with Crippen molar-refractivity contribution in [2.24, 2.45) is 0 Å². The summed E-state index contributed by atoms with van der Waals surface area (Å²) in [5.41, 5.74) is 1.80. The normalized spacial score (nSPS) is 11.7. The largest absolute Gasteiger partial charge is 0.277 e. The Bertz CT molecular complexity index is 927. The van der Waals surface area contributed by atoms with Gasteiger partial charge in [0.2, 0.25) is 0 Å². The number of aromatic nitrogens is 2. The van der Waals surface area contributed by atoms with Crippen LogP contribution in [-0.4, -0.2) is 25.0 Å². The molecule has 3 rings (SSSR count). The number of halogens is 1. The molecule has 9 heteroatoms. The maximum absolute atomic E-state index is 13.1. The molecule has 106 valence electrons. The van der Waals surface area contributed by atoms with Crippen molar-refractivity contribution in [3.8, 4) is 0 Å². The Morgan fingerprint density at radius 2 is 2.00 bits per heavy atom. The Morgan fingerprint density at radius 1 is 1.19 bits per heavy atom. The van der Waals surface area contributed by atoms with Gasteiger partial charge >= 0.3 is 0 Å². The number of hydrogen-bond donors (Lipinski definition) is 1. The summed E-state index contributed by atoms with van der Waals surface area (Å²) in [4.78, 5) is 0.0316. The molecule has 0 saturated carbocycles. The fourth-order valence-corrected chi connectivity index (χ4v) is 3.85. The van der Waals surface area contributed by atoms with Gasteiger partial charge in [-0.05, 0) is 30.3 Å². The van der Waals surface area contributed by atoms with Gasteiger partial charge in [-0.3, -0.25) is 4.72 Å². The first-order chi connectivity index (χ1) is 9.97. The van der Waals surface area contributed by atoms with Crippen molar-refractivity contribution in [3.05, 3.63) is 42.2 Å². The van der Waals surface area contributed by atoms with Crippen molar-refractivity contribution < 1.29 is 12.8 Å². The van der Waals surface area contributed by atoms with E-state index in [1.807, 2.05) is 0 Å². The standard InChI is InChI=1S/C12H9BFN3O2S2/c13-8-6-7(14)4-5-11(8)21(18,19)17-10-3-1-2-9-12(10)16-20-15-9/h1-6,17H,13H2. The predicted molar refractivity (Wildman–Crippen MR) is 82.8 cm³/mol. The lowest BCUT2D eigenvalue weighted by Gasteiger charge is -2.10. The van der Waals surface area contributed by atoms with Crippen LogP contribution in [0, 0.1) is 5.82 Å². The quantitative estimate of drug-likeness (QED) is 0.727. The summed E-state index contributed by atoms with van der Waals surface area (Å²) in [6.45, 7) is 0. The maximum Gasteiger partial charge on any atom is 0.261 e. The van der Waals surface area contributed by atoms with Crippen molar-refractivity contribution in [1.29, 1.82) is 0 Å². The molecule has 0 unspecified atom stereocenters. The van der Waals surface area contributed by atoms with E-state index >= 15 is 0 Å². The minimum absolute atomic E-state index is 0.0316. The Balaban J connectivity index is 2.05. The molecule has 0 aliphatic carbocycles. The van der Waals surface area contributed by atoms with Crippen molar-refractivity contribution in [1.82, 2.24) is 8.75 Å². The lowest BCUT2D eigenvalue weighted by Crippen LogP contribution is -2.22. The number of nitrogens with one attached hydrogen (secondary N) is 1. The third-order valence-corrected chi connectivity index (χ3v) is 5.03. The first-order valence-corrected chi connectivity index (χ1v) is 8.19. The van der Waals surface area contributed by atoms with Gasteiger partial charge in [-0.1, -0.05) is 11.5 Å². The van der Waals surface area contributed by atoms with Crippen LogP contribution in [0.4, 0.5) is 10.1 Å². The number of fused-ring (bicyclic) bond motifs is 1. The Morgan fingerprint density at radius 3 is 2.76 bits per heavy atom. The molecule has 3 aromatic rings. The second-order valence-electron chi connectivity index (χ2n) is 4.45. The summed E-state index contributed by atoms with van der Waals surface area (Å²) >= 11 is 1.01. The molecule has 0 bridgehead atoms. The third kappa shape index (κ3) is 2.61. The molecule has 1 heterocycles. The number of rotatable bonds is 3. The van der Waals surface area contributed by atoms with Gasteiger partial charge in [0.05, 0.1) is 22.3 Å². The lowest BCUT2D eigenvalue weighted by atomic mass is 9.96. The van der Waals surface area contributed by atoms with Gasteiger partial charge in [-0.2, -0.15) is 8.75 Å². The van der Waals surface area contributed by atoms with Crippen LogP contribution in [-0.2, 0) is 10.0 Å². The van der Waals surface area contributed by atoms with E-state index in [0.29, 0.717) is 22.2 Å². The average molecular weight is 321 g/mol. The molecule has 0 saturated heterocycles. The monoisotopic (exact) mass is 321 g/mol. The van der Waals surface area contributed by atoms with Gasteiger partial charge in [0, 0.05) is 0 Å². The van der Waals surface area contributed by atoms with Crippen LogP contribution >= 0.6 is 11.7 Å². The van der Waals surface area contributed by atoms with E-state index in [4.69, 9.17) is 0 Å². The van der Waals surface area contributed by atoms with Crippen molar-refractivity contribution >= 4 is 51.8 Å². The fourth-order valence-electron chi connectivity index (χ4n) is 2.00. The number of hydrogen-bond acceptors (Lipinski definition) is 5. The van der Waals surface area contributed by atoms with Crippen LogP contribution in [0.2, 0.25) is 0 Å². The van der Waals surface area contributed by atoms with E-state index < -0.39 is 15.8 Å². The zero-order valence-corrected chi connectivity index (χ0v) is 12.5. The van der Waals surface area contributed by atoms with Gasteiger partial charge in [0.25, 0.3) is 10.0 Å². The highest BCUT2D eigenvalue weighted by atomic mass is 32.2. The minimum atomic E-state index is -3.81. The molecule has 21 heavy (non-hydrogen) atoms. The molecular weight excluding hydrogens is 312 g/mol. The smallest absolute Gasteiger partial charge is 0.261 e. The van der Waals surface area contributed by atoms with Crippen LogP contribution in [0.25, 0.3) is 11.0 Å². The highest BCUT2D eigenvalue weighted by molar-refractivity contribution is 7.93. The molecule has 0 aliphatic rings. The summed E-state index contributed by atoms with van der Waals surface area (Å²) in [6.07, 6.45) is 0. The van der Waals surface area contributed by atoms with E-state index in [-0.39, 0.29) is 4.90 Å². The first kappa shape index (κ1) is 14.0. The Hall–Kier alpha value is -2.00. The summed E-state index contributed by atoms with van der Waals surface area (Å²) in [5, 5.41) is 0. The number of sulfonamides is 1. The number of anilines is 1. The van der Waals surface area contributed by atoms with Crippen molar-refractivity contribution in [2.75, 3.05) is 4.72 Å². The third-order valence-electron chi connectivity index (χ3n) is 2.96. The number of benzene rings is 2. The molecule has 5 nitrogen and oxygen atoms in total. The summed E-state index contributed by atoms with van der Waals surface area (Å²) in [7, 11) is -2.27. The zero-order valence-electron chi connectivity index (χ0n) is 10.9. The lowest BCUT2D eigenvalue weighted by molar-refractivity contribution is 0.600. The van der Waals surface area contributed by atoms with Crippen LogP contribution in [0.15, 0.2) is 41.3 Å². The molecule has 0 radical (unpaired) electrons. The second-order valence-corrected chi connectivity index (χ2v) is 6.63. The Kier molecular flexibility index (Phi) is 3.38. The van der Waals surface area contributed by atoms with Gasteiger partial charge in [0.15, 0.2) is 0 Å². The van der Waals surface area contributed by atoms with Gasteiger partial charge in [0.1, 0.15) is 24.7 Å². The molecule has 2 aromatic carbocycles. The van der Waals surface area contributed by atoms with E-state index in [1.54, 1.807) is 26.0 Å². The molecule has 0 atom stereocenters. The van der Waals surface area contributed by atoms with E-state index in [1.165, 1.54) is 12.1 Å². The second kappa shape index (κ2) is 5.08.